The average molecular weight is 256 g/mol. The summed E-state index contributed by atoms with van der Waals surface area (Å²) in [5.74, 6) is 0.621. The van der Waals surface area contributed by atoms with Crippen LogP contribution in [0.3, 0.4) is 0 Å². The van der Waals surface area contributed by atoms with E-state index < -0.39 is 0 Å². The monoisotopic (exact) mass is 256 g/mol. The molecule has 2 heteroatoms. The van der Waals surface area contributed by atoms with Crippen LogP contribution in [0.15, 0.2) is 36.7 Å². The number of aromatic nitrogens is 2. The first-order valence-electron chi connectivity index (χ1n) is 6.99. The molecule has 0 aliphatic rings. The van der Waals surface area contributed by atoms with Crippen molar-refractivity contribution in [2.24, 2.45) is 5.92 Å². The van der Waals surface area contributed by atoms with Crippen LogP contribution in [0.4, 0.5) is 0 Å². The van der Waals surface area contributed by atoms with E-state index in [2.05, 4.69) is 70.2 Å². The maximum Gasteiger partial charge on any atom is 0.0568 e. The van der Waals surface area contributed by atoms with Crippen molar-refractivity contribution in [1.82, 2.24) is 9.78 Å². The van der Waals surface area contributed by atoms with E-state index >= 15 is 0 Å². The van der Waals surface area contributed by atoms with Crippen LogP contribution in [0.25, 0.3) is 11.1 Å². The Morgan fingerprint density at radius 1 is 1.05 bits per heavy atom. The van der Waals surface area contributed by atoms with Gasteiger partial charge in [-0.1, -0.05) is 58.9 Å². The van der Waals surface area contributed by atoms with E-state index in [9.17, 15) is 0 Å². The minimum Gasteiger partial charge on any atom is -0.272 e. The van der Waals surface area contributed by atoms with Crippen molar-refractivity contribution in [2.45, 2.75) is 46.6 Å². The van der Waals surface area contributed by atoms with Crippen molar-refractivity contribution < 1.29 is 0 Å². The van der Waals surface area contributed by atoms with Gasteiger partial charge in [0, 0.05) is 18.3 Å². The lowest BCUT2D eigenvalue weighted by atomic mass is 9.86. The maximum atomic E-state index is 4.42. The van der Waals surface area contributed by atoms with E-state index in [0.29, 0.717) is 5.92 Å². The second kappa shape index (κ2) is 5.20. The van der Waals surface area contributed by atoms with Crippen molar-refractivity contribution in [1.29, 1.82) is 0 Å². The lowest BCUT2D eigenvalue weighted by molar-refractivity contribution is 0.483. The highest BCUT2D eigenvalue weighted by Gasteiger charge is 2.13. The van der Waals surface area contributed by atoms with Crippen molar-refractivity contribution in [3.05, 3.63) is 42.2 Å². The minimum atomic E-state index is 0.209. The van der Waals surface area contributed by atoms with Crippen LogP contribution in [0.1, 0.15) is 40.2 Å². The molecule has 2 rings (SSSR count). The van der Waals surface area contributed by atoms with Gasteiger partial charge in [0.15, 0.2) is 0 Å². The third kappa shape index (κ3) is 3.46. The quantitative estimate of drug-likeness (QED) is 0.790. The molecule has 0 atom stereocenters. The Bertz CT molecular complexity index is 527. The first kappa shape index (κ1) is 13.9. The minimum absolute atomic E-state index is 0.209. The van der Waals surface area contributed by atoms with E-state index in [1.807, 2.05) is 10.9 Å². The number of nitrogens with zero attached hydrogens (tertiary/aromatic N) is 2. The molecule has 2 nitrogen and oxygen atoms in total. The highest BCUT2D eigenvalue weighted by Crippen LogP contribution is 2.25. The standard InChI is InChI=1S/C17H24N2/c1-13(2)11-19-12-15(10-18-19)14-6-8-16(9-7-14)17(3,4)5/h6-10,12-13H,11H2,1-5H3. The van der Waals surface area contributed by atoms with Crippen molar-refractivity contribution in [3.63, 3.8) is 0 Å². The molecule has 0 saturated carbocycles. The number of benzene rings is 1. The van der Waals surface area contributed by atoms with Crippen LogP contribution in [0, 0.1) is 5.92 Å². The van der Waals surface area contributed by atoms with Gasteiger partial charge in [-0.2, -0.15) is 5.10 Å². The molecule has 0 aliphatic carbocycles. The molecule has 0 unspecified atom stereocenters. The van der Waals surface area contributed by atoms with Crippen LogP contribution < -0.4 is 0 Å². The van der Waals surface area contributed by atoms with Gasteiger partial charge in [-0.25, -0.2) is 0 Å². The molecule has 1 aromatic carbocycles. The molecule has 1 heterocycles. The van der Waals surface area contributed by atoms with Gasteiger partial charge in [0.2, 0.25) is 0 Å². The van der Waals surface area contributed by atoms with Crippen LogP contribution in [-0.2, 0) is 12.0 Å². The van der Waals surface area contributed by atoms with Gasteiger partial charge in [0.05, 0.1) is 6.20 Å². The van der Waals surface area contributed by atoms with Gasteiger partial charge in [-0.15, -0.1) is 0 Å². The summed E-state index contributed by atoms with van der Waals surface area (Å²) in [5, 5.41) is 4.42. The fourth-order valence-corrected chi connectivity index (χ4v) is 2.15. The molecule has 102 valence electrons. The van der Waals surface area contributed by atoms with Gasteiger partial charge in [-0.05, 0) is 22.5 Å². The van der Waals surface area contributed by atoms with E-state index in [1.54, 1.807) is 0 Å². The molecule has 0 spiro atoms. The molecule has 0 N–H and O–H groups in total. The summed E-state index contributed by atoms with van der Waals surface area (Å²) in [7, 11) is 0. The smallest absolute Gasteiger partial charge is 0.0568 e. The van der Waals surface area contributed by atoms with E-state index in [1.165, 1.54) is 16.7 Å². The van der Waals surface area contributed by atoms with E-state index in [-0.39, 0.29) is 5.41 Å². The molecule has 1 aromatic heterocycles. The summed E-state index contributed by atoms with van der Waals surface area (Å²) in [4.78, 5) is 0. The first-order valence-corrected chi connectivity index (χ1v) is 6.99. The zero-order valence-corrected chi connectivity index (χ0v) is 12.6. The second-order valence-electron chi connectivity index (χ2n) is 6.67. The van der Waals surface area contributed by atoms with E-state index in [0.717, 1.165) is 6.54 Å². The van der Waals surface area contributed by atoms with Gasteiger partial charge in [0.25, 0.3) is 0 Å². The van der Waals surface area contributed by atoms with Crippen molar-refractivity contribution >= 4 is 0 Å². The second-order valence-corrected chi connectivity index (χ2v) is 6.67. The Morgan fingerprint density at radius 2 is 1.68 bits per heavy atom. The van der Waals surface area contributed by atoms with Crippen LogP contribution in [0.5, 0.6) is 0 Å². The SMILES string of the molecule is CC(C)Cn1cc(-c2ccc(C(C)(C)C)cc2)cn1. The molecule has 19 heavy (non-hydrogen) atoms. The third-order valence-corrected chi connectivity index (χ3v) is 3.27. The summed E-state index contributed by atoms with van der Waals surface area (Å²) < 4.78 is 2.03. The fourth-order valence-electron chi connectivity index (χ4n) is 2.15. The number of hydrogen-bond acceptors (Lipinski definition) is 1. The average Bonchev–Trinajstić information content (AvgIpc) is 2.75. The Hall–Kier alpha value is -1.57. The summed E-state index contributed by atoms with van der Waals surface area (Å²) >= 11 is 0. The fraction of sp³-hybridized carbons (Fsp3) is 0.471. The topological polar surface area (TPSA) is 17.8 Å². The lowest BCUT2D eigenvalue weighted by Gasteiger charge is -2.18. The summed E-state index contributed by atoms with van der Waals surface area (Å²) in [6.45, 7) is 12.1. The molecule has 0 aliphatic heterocycles. The van der Waals surface area contributed by atoms with Crippen LogP contribution >= 0.6 is 0 Å². The van der Waals surface area contributed by atoms with Gasteiger partial charge in [-0.3, -0.25) is 4.68 Å². The molecule has 0 fully saturated rings. The predicted octanol–water partition coefficient (Wildman–Crippen LogP) is 4.50. The normalized spacial score (nSPS) is 12.1. The molecular weight excluding hydrogens is 232 g/mol. The third-order valence-electron chi connectivity index (χ3n) is 3.27. The summed E-state index contributed by atoms with van der Waals surface area (Å²) in [5.41, 5.74) is 4.01. The van der Waals surface area contributed by atoms with Gasteiger partial charge < -0.3 is 0 Å². The molecule has 0 amide bonds. The number of rotatable bonds is 3. The predicted molar refractivity (Wildman–Crippen MR) is 81.2 cm³/mol. The molecule has 0 saturated heterocycles. The highest BCUT2D eigenvalue weighted by atomic mass is 15.3. The summed E-state index contributed by atoms with van der Waals surface area (Å²) in [6, 6.07) is 8.82. The van der Waals surface area contributed by atoms with Crippen LogP contribution in [0.2, 0.25) is 0 Å². The molecular formula is C17H24N2. The van der Waals surface area contributed by atoms with Gasteiger partial charge >= 0.3 is 0 Å². The Kier molecular flexibility index (Phi) is 3.79. The van der Waals surface area contributed by atoms with Crippen molar-refractivity contribution in [3.8, 4) is 11.1 Å². The largest absolute Gasteiger partial charge is 0.272 e. The van der Waals surface area contributed by atoms with Crippen molar-refractivity contribution in [2.75, 3.05) is 0 Å². The Balaban J connectivity index is 2.20. The first-order chi connectivity index (χ1) is 8.86. The van der Waals surface area contributed by atoms with Crippen LogP contribution in [-0.4, -0.2) is 9.78 Å². The molecule has 0 radical (unpaired) electrons. The lowest BCUT2D eigenvalue weighted by Crippen LogP contribution is -2.10. The zero-order chi connectivity index (χ0) is 14.0. The number of hydrogen-bond donors (Lipinski definition) is 0. The Morgan fingerprint density at radius 3 is 2.21 bits per heavy atom. The maximum absolute atomic E-state index is 4.42. The highest BCUT2D eigenvalue weighted by molar-refractivity contribution is 5.62. The molecule has 2 aromatic rings. The molecule has 0 bridgehead atoms. The summed E-state index contributed by atoms with van der Waals surface area (Å²) in [6.07, 6.45) is 4.08. The Labute approximate surface area is 116 Å². The zero-order valence-electron chi connectivity index (χ0n) is 12.6. The van der Waals surface area contributed by atoms with E-state index in [4.69, 9.17) is 0 Å². The van der Waals surface area contributed by atoms with Gasteiger partial charge in [0.1, 0.15) is 0 Å².